The van der Waals surface area contributed by atoms with Crippen LogP contribution in [-0.4, -0.2) is 25.2 Å². The molecule has 136 valence electrons. The molecule has 0 spiro atoms. The molecule has 3 rings (SSSR count). The lowest BCUT2D eigenvalue weighted by Crippen LogP contribution is -2.36. The average Bonchev–Trinajstić information content (AvgIpc) is 2.72. The van der Waals surface area contributed by atoms with Crippen molar-refractivity contribution in [2.45, 2.75) is 32.1 Å². The van der Waals surface area contributed by atoms with Gasteiger partial charge in [-0.2, -0.15) is 0 Å². The Morgan fingerprint density at radius 3 is 1.54 bits per heavy atom. The molecule has 1 aliphatic carbocycles. The maximum Gasteiger partial charge on any atom is 0.338 e. The minimum Gasteiger partial charge on any atom is -0.461 e. The summed E-state index contributed by atoms with van der Waals surface area (Å²) in [7, 11) is 0. The Hall–Kier alpha value is -2.62. The Kier molecular flexibility index (Phi) is 6.05. The van der Waals surface area contributed by atoms with E-state index in [1.807, 2.05) is 36.4 Å². The first kappa shape index (κ1) is 18.2. The molecule has 1 aliphatic rings. The first-order chi connectivity index (χ1) is 12.7. The number of rotatable bonds is 6. The van der Waals surface area contributed by atoms with Gasteiger partial charge in [-0.1, -0.05) is 55.7 Å². The first-order valence-electron chi connectivity index (χ1n) is 9.13. The second-order valence-corrected chi connectivity index (χ2v) is 6.94. The van der Waals surface area contributed by atoms with Gasteiger partial charge in [-0.25, -0.2) is 9.59 Å². The van der Waals surface area contributed by atoms with E-state index in [2.05, 4.69) is 0 Å². The molecule has 4 heteroatoms. The lowest BCUT2D eigenvalue weighted by atomic mass is 9.75. The normalized spacial score (nSPS) is 15.8. The number of benzene rings is 2. The van der Waals surface area contributed by atoms with Crippen molar-refractivity contribution >= 4 is 11.9 Å². The van der Waals surface area contributed by atoms with Crippen LogP contribution in [0.4, 0.5) is 0 Å². The largest absolute Gasteiger partial charge is 0.461 e. The molecule has 4 nitrogen and oxygen atoms in total. The van der Waals surface area contributed by atoms with Gasteiger partial charge < -0.3 is 9.47 Å². The van der Waals surface area contributed by atoms with Crippen LogP contribution in [0.3, 0.4) is 0 Å². The molecule has 0 bridgehead atoms. The molecule has 0 heterocycles. The van der Waals surface area contributed by atoms with Crippen LogP contribution in [0.1, 0.15) is 52.8 Å². The standard InChI is InChI=1S/C22H24O4/c23-20(18-10-4-1-5-11-18)25-16-22(14-8-3-9-15-22)17-26-21(24)19-12-6-2-7-13-19/h1-2,4-7,10-13H,3,8-9,14-17H2. The van der Waals surface area contributed by atoms with Gasteiger partial charge in [-0.15, -0.1) is 0 Å². The molecular weight excluding hydrogens is 328 g/mol. The SMILES string of the molecule is O=C(OCC1(COC(=O)c2ccccc2)CCCCC1)c1ccccc1. The summed E-state index contributed by atoms with van der Waals surface area (Å²) in [6.07, 6.45) is 5.09. The maximum absolute atomic E-state index is 12.3. The fourth-order valence-electron chi connectivity index (χ4n) is 3.38. The predicted molar refractivity (Wildman–Crippen MR) is 99.0 cm³/mol. The number of esters is 2. The summed E-state index contributed by atoms with van der Waals surface area (Å²) in [6, 6.07) is 17.9. The van der Waals surface area contributed by atoms with Crippen LogP contribution in [0, 0.1) is 5.41 Å². The van der Waals surface area contributed by atoms with E-state index in [1.165, 1.54) is 6.42 Å². The van der Waals surface area contributed by atoms with Gasteiger partial charge in [-0.05, 0) is 37.1 Å². The second kappa shape index (κ2) is 8.65. The lowest BCUT2D eigenvalue weighted by Gasteiger charge is -2.36. The molecule has 0 atom stereocenters. The molecule has 0 N–H and O–H groups in total. The van der Waals surface area contributed by atoms with Crippen molar-refractivity contribution in [2.75, 3.05) is 13.2 Å². The van der Waals surface area contributed by atoms with Gasteiger partial charge in [0.1, 0.15) is 13.2 Å². The molecular formula is C22H24O4. The fourth-order valence-corrected chi connectivity index (χ4v) is 3.38. The third kappa shape index (κ3) is 4.72. The van der Waals surface area contributed by atoms with Crippen LogP contribution in [0.2, 0.25) is 0 Å². The predicted octanol–water partition coefficient (Wildman–Crippen LogP) is 4.65. The van der Waals surface area contributed by atoms with Gasteiger partial charge in [0.15, 0.2) is 0 Å². The first-order valence-corrected chi connectivity index (χ1v) is 9.13. The zero-order chi connectivity index (χ0) is 18.2. The van der Waals surface area contributed by atoms with Gasteiger partial charge in [0.2, 0.25) is 0 Å². The molecule has 1 saturated carbocycles. The highest BCUT2D eigenvalue weighted by Crippen LogP contribution is 2.37. The van der Waals surface area contributed by atoms with Gasteiger partial charge in [0.05, 0.1) is 11.1 Å². The van der Waals surface area contributed by atoms with Gasteiger partial charge in [0.25, 0.3) is 0 Å². The smallest absolute Gasteiger partial charge is 0.338 e. The Morgan fingerprint density at radius 2 is 1.12 bits per heavy atom. The molecule has 0 amide bonds. The summed E-state index contributed by atoms with van der Waals surface area (Å²) in [5.41, 5.74) is 0.798. The van der Waals surface area contributed by atoms with Gasteiger partial charge >= 0.3 is 11.9 Å². The fraction of sp³-hybridized carbons (Fsp3) is 0.364. The Bertz CT molecular complexity index is 661. The number of hydrogen-bond acceptors (Lipinski definition) is 4. The zero-order valence-electron chi connectivity index (χ0n) is 14.9. The lowest BCUT2D eigenvalue weighted by molar-refractivity contribution is -0.0199. The Morgan fingerprint density at radius 1 is 0.692 bits per heavy atom. The van der Waals surface area contributed by atoms with Gasteiger partial charge in [0, 0.05) is 5.41 Å². The van der Waals surface area contributed by atoms with Crippen molar-refractivity contribution in [3.05, 3.63) is 71.8 Å². The Balaban J connectivity index is 1.61. The molecule has 2 aromatic rings. The highest BCUT2D eigenvalue weighted by molar-refractivity contribution is 5.89. The average molecular weight is 352 g/mol. The van der Waals surface area contributed by atoms with Crippen LogP contribution >= 0.6 is 0 Å². The molecule has 1 fully saturated rings. The summed E-state index contributed by atoms with van der Waals surface area (Å²) in [5.74, 6) is -0.658. The molecule has 26 heavy (non-hydrogen) atoms. The van der Waals surface area contributed by atoms with E-state index in [0.717, 1.165) is 25.7 Å². The van der Waals surface area contributed by atoms with Crippen molar-refractivity contribution < 1.29 is 19.1 Å². The van der Waals surface area contributed by atoms with E-state index in [0.29, 0.717) is 11.1 Å². The van der Waals surface area contributed by atoms with Crippen LogP contribution in [0.15, 0.2) is 60.7 Å². The van der Waals surface area contributed by atoms with Crippen LogP contribution < -0.4 is 0 Å². The third-order valence-electron chi connectivity index (χ3n) is 4.95. The van der Waals surface area contributed by atoms with Gasteiger partial charge in [-0.3, -0.25) is 0 Å². The third-order valence-corrected chi connectivity index (χ3v) is 4.95. The highest BCUT2D eigenvalue weighted by atomic mass is 16.5. The summed E-state index contributed by atoms with van der Waals surface area (Å²) >= 11 is 0. The number of ether oxygens (including phenoxy) is 2. The highest BCUT2D eigenvalue weighted by Gasteiger charge is 2.35. The minimum atomic E-state index is -0.329. The molecule has 0 aliphatic heterocycles. The van der Waals surface area contributed by atoms with E-state index in [9.17, 15) is 9.59 Å². The van der Waals surface area contributed by atoms with Crippen LogP contribution in [0.5, 0.6) is 0 Å². The van der Waals surface area contributed by atoms with E-state index in [1.54, 1.807) is 24.3 Å². The van der Waals surface area contributed by atoms with Crippen molar-refractivity contribution in [1.29, 1.82) is 0 Å². The number of carbonyl (C=O) groups excluding carboxylic acids is 2. The maximum atomic E-state index is 12.3. The summed E-state index contributed by atoms with van der Waals surface area (Å²) in [6.45, 7) is 0.561. The Labute approximate surface area is 154 Å². The summed E-state index contributed by atoms with van der Waals surface area (Å²) in [5, 5.41) is 0. The van der Waals surface area contributed by atoms with E-state index in [-0.39, 0.29) is 30.6 Å². The van der Waals surface area contributed by atoms with Crippen molar-refractivity contribution in [1.82, 2.24) is 0 Å². The molecule has 0 radical (unpaired) electrons. The quantitative estimate of drug-likeness (QED) is 0.710. The van der Waals surface area contributed by atoms with E-state index < -0.39 is 0 Å². The topological polar surface area (TPSA) is 52.6 Å². The number of hydrogen-bond donors (Lipinski definition) is 0. The van der Waals surface area contributed by atoms with Crippen LogP contribution in [-0.2, 0) is 9.47 Å². The van der Waals surface area contributed by atoms with Crippen LogP contribution in [0.25, 0.3) is 0 Å². The van der Waals surface area contributed by atoms with Crippen molar-refractivity contribution in [3.8, 4) is 0 Å². The van der Waals surface area contributed by atoms with Crippen molar-refractivity contribution in [2.24, 2.45) is 5.41 Å². The van der Waals surface area contributed by atoms with Crippen molar-refractivity contribution in [3.63, 3.8) is 0 Å². The molecule has 0 unspecified atom stereocenters. The minimum absolute atomic E-state index is 0.281. The second-order valence-electron chi connectivity index (χ2n) is 6.94. The van der Waals surface area contributed by atoms with E-state index >= 15 is 0 Å². The van der Waals surface area contributed by atoms with E-state index in [4.69, 9.17) is 9.47 Å². The molecule has 0 aromatic heterocycles. The zero-order valence-corrected chi connectivity index (χ0v) is 14.9. The summed E-state index contributed by atoms with van der Waals surface area (Å²) in [4.78, 5) is 24.5. The monoisotopic (exact) mass is 352 g/mol. The molecule has 2 aromatic carbocycles. The summed E-state index contributed by atoms with van der Waals surface area (Å²) < 4.78 is 11.2. The number of carbonyl (C=O) groups is 2. The molecule has 0 saturated heterocycles.